The molecule has 0 radical (unpaired) electrons. The van der Waals surface area contributed by atoms with Gasteiger partial charge in [-0.1, -0.05) is 32.1 Å². The van der Waals surface area contributed by atoms with Gasteiger partial charge in [-0.2, -0.15) is 8.42 Å². The number of aliphatic carboxylic acids is 1. The number of aromatic nitrogens is 2. The van der Waals surface area contributed by atoms with Crippen molar-refractivity contribution in [2.45, 2.75) is 96.2 Å². The van der Waals surface area contributed by atoms with Crippen LogP contribution >= 0.6 is 0 Å². The molecule has 1 aliphatic carbocycles. The third-order valence-corrected chi connectivity index (χ3v) is 12.3. The first-order valence-electron chi connectivity index (χ1n) is 19.3. The average Bonchev–Trinajstić information content (AvgIpc) is 3.49. The fraction of sp³-hybridized carbons (Fsp3) is 0.405. The van der Waals surface area contributed by atoms with Gasteiger partial charge in [0.25, 0.3) is 15.9 Å². The second-order valence-electron chi connectivity index (χ2n) is 16.1. The molecule has 0 unspecified atom stereocenters. The van der Waals surface area contributed by atoms with Crippen LogP contribution < -0.4 is 24.6 Å². The molecule has 0 spiro atoms. The van der Waals surface area contributed by atoms with E-state index in [-0.39, 0.29) is 22.3 Å². The second kappa shape index (κ2) is 17.7. The van der Waals surface area contributed by atoms with Crippen LogP contribution in [0.25, 0.3) is 11.1 Å². The molecular weight excluding hydrogens is 833 g/mol. The fourth-order valence-electron chi connectivity index (χ4n) is 8.97. The van der Waals surface area contributed by atoms with Crippen LogP contribution in [-0.4, -0.2) is 72.5 Å². The number of nitrogens with zero attached hydrogens (tertiary/aromatic N) is 4. The van der Waals surface area contributed by atoms with Gasteiger partial charge in [-0.15, -0.1) is 25.3 Å². The number of carboxylic acids is 1. The molecule has 3 heterocycles. The first-order valence-corrected chi connectivity index (χ1v) is 22.7. The molecule has 0 saturated heterocycles. The fourth-order valence-corrected chi connectivity index (χ4v) is 9.45. The maximum Gasteiger partial charge on any atom is 0.425 e. The van der Waals surface area contributed by atoms with Gasteiger partial charge in [-0.25, -0.2) is 13.7 Å². The summed E-state index contributed by atoms with van der Waals surface area (Å²) in [6, 6.07) is 16.1. The molecule has 4 aromatic rings. The number of hydrogen-bond donors (Lipinski definition) is 2. The van der Waals surface area contributed by atoms with Crippen LogP contribution in [-0.2, 0) is 68.1 Å². The molecule has 3 aromatic carbocycles. The van der Waals surface area contributed by atoms with Crippen LogP contribution in [0.3, 0.4) is 0 Å². The van der Waals surface area contributed by atoms with Crippen molar-refractivity contribution >= 4 is 54.1 Å². The van der Waals surface area contributed by atoms with E-state index in [2.05, 4.69) is 110 Å². The Hall–Kier alpha value is -5.30. The van der Waals surface area contributed by atoms with E-state index in [0.717, 1.165) is 42.9 Å². The third-order valence-electron chi connectivity index (χ3n) is 11.4. The summed E-state index contributed by atoms with van der Waals surface area (Å²) < 4.78 is 90.3. The lowest BCUT2D eigenvalue weighted by Gasteiger charge is -2.44. The SMILES string of the molecule is CCN1c2cc3c(cc2C(C)=CC1(C)C)C(c1n(CCCC(=O)O)cc[n+]1C)=c1cc2c(cc1C3(C)C)=[N+](Cc1ccc(S(=O)(=O)O)cc1)CCC2.O=S(=O)=O.O=S(=O)=O. The quantitative estimate of drug-likeness (QED) is 0.184. The smallest absolute Gasteiger partial charge is 0.425 e. The zero-order valence-corrected chi connectivity index (χ0v) is 37.0. The number of carboxylic acid groups (broad SMARTS) is 1. The molecule has 0 saturated carbocycles. The minimum atomic E-state index is -4.26. The summed E-state index contributed by atoms with van der Waals surface area (Å²) in [5, 5.41) is 11.8. The Labute approximate surface area is 352 Å². The highest BCUT2D eigenvalue weighted by atomic mass is 32.2. The summed E-state index contributed by atoms with van der Waals surface area (Å²) >= 11 is 0. The van der Waals surface area contributed by atoms with Gasteiger partial charge < -0.3 is 10.0 Å². The Balaban J connectivity index is 0.000000785. The van der Waals surface area contributed by atoms with Gasteiger partial charge in [0.05, 0.1) is 29.6 Å². The molecule has 3 aliphatic rings. The minimum absolute atomic E-state index is 0.105. The van der Waals surface area contributed by atoms with Gasteiger partial charge in [-0.3, -0.25) is 9.35 Å². The number of hydrogen-bond acceptors (Lipinski definition) is 10. The molecule has 1 aromatic heterocycles. The number of anilines is 1. The van der Waals surface area contributed by atoms with Crippen LogP contribution in [0.2, 0.25) is 0 Å². The van der Waals surface area contributed by atoms with Crippen molar-refractivity contribution in [3.05, 3.63) is 117 Å². The standard InChI is InChI=1S/C42H48N4O5S.2O3S/c1-8-46-37-24-35-33(22-31(37)27(2)25-41(46,3)4)39(40-43(7)19-20-44(40)17-10-12-38(47)48)32-21-29-11-9-18-45(36(29)23-34(32)42(35,5)6)26-28-13-15-30(16-14-28)52(49,50)51;2*1-4(2)3/h13-16,19-25H,8-12,17-18,26H2,1-7H3;;/p+2. The number of imidazole rings is 1. The van der Waals surface area contributed by atoms with E-state index in [1.165, 1.54) is 61.8 Å². The van der Waals surface area contributed by atoms with Crippen LogP contribution in [0.1, 0.15) is 100 Å². The van der Waals surface area contributed by atoms with E-state index in [1.54, 1.807) is 12.1 Å². The number of rotatable bonds is 9. The number of benzene rings is 3. The highest BCUT2D eigenvalue weighted by Gasteiger charge is 2.41. The maximum absolute atomic E-state index is 11.7. The van der Waals surface area contributed by atoms with Crippen molar-refractivity contribution in [3.8, 4) is 0 Å². The number of aryl methyl sites for hydroxylation is 3. The molecule has 0 bridgehead atoms. The monoisotopic (exact) mass is 882 g/mol. The topological polar surface area (TPSA) is 209 Å². The van der Waals surface area contributed by atoms with E-state index < -0.39 is 37.3 Å². The third kappa shape index (κ3) is 9.67. The molecule has 60 heavy (non-hydrogen) atoms. The summed E-state index contributed by atoms with van der Waals surface area (Å²) in [6.07, 6.45) is 9.10. The Morgan fingerprint density at radius 1 is 0.917 bits per heavy atom. The van der Waals surface area contributed by atoms with E-state index >= 15 is 0 Å². The summed E-state index contributed by atoms with van der Waals surface area (Å²) in [5.41, 5.74) is 10.4. The molecule has 0 amide bonds. The largest absolute Gasteiger partial charge is 0.481 e. The molecular formula is C42H50N4O11S3+2. The van der Waals surface area contributed by atoms with Gasteiger partial charge in [0, 0.05) is 53.2 Å². The van der Waals surface area contributed by atoms with Gasteiger partial charge in [-0.05, 0) is 98.4 Å². The van der Waals surface area contributed by atoms with Gasteiger partial charge in [0.1, 0.15) is 18.9 Å². The first kappa shape index (κ1) is 45.8. The lowest BCUT2D eigenvalue weighted by molar-refractivity contribution is -0.673. The summed E-state index contributed by atoms with van der Waals surface area (Å²) in [5.74, 6) is 0.267. The normalized spacial score (nSPS) is 15.7. The van der Waals surface area contributed by atoms with Crippen LogP contribution in [0.15, 0.2) is 71.9 Å². The van der Waals surface area contributed by atoms with Crippen molar-refractivity contribution in [1.82, 2.24) is 9.14 Å². The second-order valence-corrected chi connectivity index (χ2v) is 18.4. The Kier molecular flexibility index (Phi) is 13.5. The van der Waals surface area contributed by atoms with Gasteiger partial charge in [0.15, 0.2) is 6.54 Å². The van der Waals surface area contributed by atoms with E-state index in [1.807, 2.05) is 0 Å². The van der Waals surface area contributed by atoms with E-state index in [0.29, 0.717) is 19.5 Å². The Bertz CT molecular complexity index is 2840. The Morgan fingerprint density at radius 3 is 2.13 bits per heavy atom. The molecule has 2 N–H and O–H groups in total. The van der Waals surface area contributed by atoms with Crippen LogP contribution in [0, 0.1) is 0 Å². The van der Waals surface area contributed by atoms with Crippen molar-refractivity contribution in [1.29, 1.82) is 0 Å². The summed E-state index contributed by atoms with van der Waals surface area (Å²) in [7, 11) is -8.41. The number of allylic oxidation sites excluding steroid dienone is 1. The molecule has 0 atom stereocenters. The molecule has 18 heteroatoms. The van der Waals surface area contributed by atoms with Crippen molar-refractivity contribution in [3.63, 3.8) is 0 Å². The predicted octanol–water partition coefficient (Wildman–Crippen LogP) is 2.96. The lowest BCUT2D eigenvalue weighted by Crippen LogP contribution is -2.46. The van der Waals surface area contributed by atoms with Crippen LogP contribution in [0.5, 0.6) is 0 Å². The molecule has 320 valence electrons. The highest BCUT2D eigenvalue weighted by molar-refractivity contribution is 7.85. The number of likely N-dealkylation sites (N-methyl/N-ethyl adjacent to an activating group) is 1. The average molecular weight is 883 g/mol. The lowest BCUT2D eigenvalue weighted by atomic mass is 9.68. The predicted molar refractivity (Wildman–Crippen MR) is 223 cm³/mol. The first-order chi connectivity index (χ1) is 28.0. The number of carbonyl (C=O) groups is 1. The molecule has 15 nitrogen and oxygen atoms in total. The maximum atomic E-state index is 11.7. The zero-order chi connectivity index (χ0) is 44.5. The minimum Gasteiger partial charge on any atom is -0.481 e. The molecule has 2 aliphatic heterocycles. The summed E-state index contributed by atoms with van der Waals surface area (Å²) in [6.45, 7) is 16.6. The van der Waals surface area contributed by atoms with Crippen molar-refractivity contribution in [2.24, 2.45) is 7.05 Å². The molecule has 7 rings (SSSR count). The van der Waals surface area contributed by atoms with Gasteiger partial charge >= 0.3 is 27.2 Å². The number of fused-ring (bicyclic) bond motifs is 4. The summed E-state index contributed by atoms with van der Waals surface area (Å²) in [4.78, 5) is 13.9. The van der Waals surface area contributed by atoms with Gasteiger partial charge in [0.2, 0.25) is 5.36 Å². The molecule has 0 fully saturated rings. The Morgan fingerprint density at radius 2 is 1.55 bits per heavy atom. The van der Waals surface area contributed by atoms with E-state index in [4.69, 9.17) is 25.3 Å². The zero-order valence-electron chi connectivity index (χ0n) is 34.6. The van der Waals surface area contributed by atoms with Crippen molar-refractivity contribution < 1.29 is 52.7 Å². The highest BCUT2D eigenvalue weighted by Crippen LogP contribution is 2.47. The van der Waals surface area contributed by atoms with Crippen LogP contribution in [0.4, 0.5) is 5.69 Å². The van der Waals surface area contributed by atoms with Crippen molar-refractivity contribution in [2.75, 3.05) is 18.0 Å². The van der Waals surface area contributed by atoms with E-state index in [9.17, 15) is 22.9 Å².